The number of esters is 4. The van der Waals surface area contributed by atoms with Gasteiger partial charge in [-0.3, -0.25) is 19.2 Å². The molecule has 0 amide bonds. The molecule has 0 radical (unpaired) electrons. The normalized spacial score (nSPS) is 39.0. The van der Waals surface area contributed by atoms with Crippen LogP contribution in [0.15, 0.2) is 0 Å². The Morgan fingerprint density at radius 3 is 1.05 bits per heavy atom. The topological polar surface area (TPSA) is 207 Å². The van der Waals surface area contributed by atoms with Gasteiger partial charge in [0.15, 0.2) is 0 Å². The highest BCUT2D eigenvalue weighted by molar-refractivity contribution is 7.03. The molecule has 0 aromatic rings. The first-order valence-electron chi connectivity index (χ1n) is 23.7. The van der Waals surface area contributed by atoms with Gasteiger partial charge in [-0.1, -0.05) is 83.1 Å². The first kappa shape index (κ1) is 56.9. The molecule has 7 aliphatic heterocycles. The molecule has 19 nitrogen and oxygen atoms in total. The van der Waals surface area contributed by atoms with Crippen LogP contribution in [0.5, 0.6) is 0 Å². The van der Waals surface area contributed by atoms with Gasteiger partial charge in [0.25, 0.3) is 0 Å². The highest BCUT2D eigenvalue weighted by atomic mass is 28.6. The third-order valence-electron chi connectivity index (χ3n) is 12.2. The van der Waals surface area contributed by atoms with E-state index in [4.69, 9.17) is 58.9 Å². The Morgan fingerprint density at radius 2 is 0.831 bits per heavy atom. The van der Waals surface area contributed by atoms with Crippen molar-refractivity contribution in [3.05, 3.63) is 0 Å². The third kappa shape index (κ3) is 12.8. The molecule has 65 heavy (non-hydrogen) atoms. The van der Waals surface area contributed by atoms with Gasteiger partial charge < -0.3 is 63.6 Å². The molecule has 27 heteroatoms. The van der Waals surface area contributed by atoms with Crippen LogP contribution in [0.4, 0.5) is 0 Å². The first-order chi connectivity index (χ1) is 30.1. The van der Waals surface area contributed by atoms with E-state index < -0.39 is 87.8 Å². The van der Waals surface area contributed by atoms with Gasteiger partial charge in [0.2, 0.25) is 0 Å². The predicted molar refractivity (Wildman–Crippen MR) is 252 cm³/mol. The molecular weight excluding hydrogens is 985 g/mol. The highest BCUT2D eigenvalue weighted by Crippen LogP contribution is 2.53. The number of ether oxygens (including phenoxy) is 3. The molecule has 0 N–H and O–H groups in total. The van der Waals surface area contributed by atoms with Crippen molar-refractivity contribution in [1.82, 2.24) is 0 Å². The van der Waals surface area contributed by atoms with E-state index in [1.165, 1.54) is 0 Å². The van der Waals surface area contributed by atoms with Gasteiger partial charge in [0.05, 0.1) is 29.8 Å². The lowest BCUT2D eigenvalue weighted by Crippen LogP contribution is -2.88. The first-order valence-corrected chi connectivity index (χ1v) is 39.1. The summed E-state index contributed by atoms with van der Waals surface area (Å²) in [5.74, 6) is -1.63. The number of rotatable bonds is 15. The van der Waals surface area contributed by atoms with Crippen LogP contribution in [-0.4, -0.2) is 107 Å². The minimum Gasteiger partial charge on any atom is -0.465 e. The van der Waals surface area contributed by atoms with Crippen molar-refractivity contribution in [3.63, 3.8) is 0 Å². The Kier molecular flexibility index (Phi) is 18.7. The lowest BCUT2D eigenvalue weighted by Gasteiger charge is -2.63. The van der Waals surface area contributed by atoms with Crippen LogP contribution in [-0.2, 0) is 82.8 Å². The predicted octanol–water partition coefficient (Wildman–Crippen LogP) is 7.99. The molecule has 7 aliphatic rings. The van der Waals surface area contributed by atoms with Crippen molar-refractivity contribution < 1.29 is 82.8 Å². The molecule has 3 atom stereocenters. The molecule has 0 spiro atoms. The third-order valence-corrected chi connectivity index (χ3v) is 49.1. The summed E-state index contributed by atoms with van der Waals surface area (Å²) in [4.78, 5) is 45.1. The van der Waals surface area contributed by atoms with Crippen molar-refractivity contribution in [2.24, 2.45) is 23.2 Å². The minimum absolute atomic E-state index is 0.0224. The number of carbonyl (C=O) groups is 4. The molecular formula is C38H78O19Si8. The quantitative estimate of drug-likeness (QED) is 0.0501. The summed E-state index contributed by atoms with van der Waals surface area (Å²) in [5.41, 5.74) is -0.931. The Labute approximate surface area is 396 Å². The van der Waals surface area contributed by atoms with Gasteiger partial charge in [-0.15, -0.1) is 0 Å². The summed E-state index contributed by atoms with van der Waals surface area (Å²) in [6.07, 6.45) is 1.92. The lowest BCUT2D eigenvalue weighted by atomic mass is 9.91. The SMILES string of the molecule is CC1C(=O)OC(=O)C1C.CCC(C)(C)C(=O)OCCC[Si]12O[Si]3(CC)O[Si]4(CC)O[Si]5(CC)O[Si](CC)(O3)O[Si](CC)(O[Si](CC)(O5)O[Si](CC)(O4)O1)O2.CCC(C)C(=O)OC(C)(C)C. The van der Waals surface area contributed by atoms with Crippen molar-refractivity contribution >= 4 is 94.3 Å². The van der Waals surface area contributed by atoms with E-state index in [-0.39, 0.29) is 47.9 Å². The van der Waals surface area contributed by atoms with Gasteiger partial charge in [0.1, 0.15) is 5.60 Å². The van der Waals surface area contributed by atoms with Gasteiger partial charge >= 0.3 is 94.3 Å². The fourth-order valence-electron chi connectivity index (χ4n) is 7.07. The minimum atomic E-state index is -3.87. The highest BCUT2D eigenvalue weighted by Gasteiger charge is 2.82. The fraction of sp³-hybridized carbons (Fsp3) is 0.895. The average Bonchev–Trinajstić information content (AvgIpc) is 3.45. The molecule has 7 rings (SSSR count). The second-order valence-corrected chi connectivity index (χ2v) is 45.0. The van der Waals surface area contributed by atoms with Gasteiger partial charge in [-0.2, -0.15) is 0 Å². The number of carbonyl (C=O) groups excluding carboxylic acids is 4. The second-order valence-electron chi connectivity index (χ2n) is 18.8. The van der Waals surface area contributed by atoms with E-state index in [1.54, 1.807) is 13.8 Å². The van der Waals surface area contributed by atoms with Gasteiger partial charge in [-0.05, 0) is 53.9 Å². The fourth-order valence-corrected chi connectivity index (χ4v) is 56.7. The van der Waals surface area contributed by atoms with E-state index in [9.17, 15) is 19.2 Å². The summed E-state index contributed by atoms with van der Waals surface area (Å²) in [5, 5.41) is 0. The molecule has 3 unspecified atom stereocenters. The molecule has 0 aromatic heterocycles. The molecule has 376 valence electrons. The summed E-state index contributed by atoms with van der Waals surface area (Å²) in [6, 6.07) is 3.09. The van der Waals surface area contributed by atoms with Crippen LogP contribution < -0.4 is 0 Å². The smallest absolute Gasteiger partial charge is 0.465 e. The largest absolute Gasteiger partial charge is 0.479 e. The van der Waals surface area contributed by atoms with E-state index in [0.29, 0.717) is 55.2 Å². The molecule has 7 heterocycles. The molecule has 0 saturated carbocycles. The Balaban J connectivity index is 0.000000380. The zero-order valence-corrected chi connectivity index (χ0v) is 50.0. The summed E-state index contributed by atoms with van der Waals surface area (Å²) < 4.78 is 101. The van der Waals surface area contributed by atoms with E-state index in [1.807, 2.05) is 104 Å². The van der Waals surface area contributed by atoms with E-state index in [2.05, 4.69) is 4.74 Å². The maximum atomic E-state index is 12.8. The van der Waals surface area contributed by atoms with Crippen molar-refractivity contribution in [2.75, 3.05) is 6.61 Å². The maximum absolute atomic E-state index is 12.8. The van der Waals surface area contributed by atoms with Crippen LogP contribution >= 0.6 is 0 Å². The molecule has 7 saturated heterocycles. The maximum Gasteiger partial charge on any atom is 0.479 e. The van der Waals surface area contributed by atoms with Gasteiger partial charge in [-0.25, -0.2) is 0 Å². The molecule has 0 aliphatic carbocycles. The van der Waals surface area contributed by atoms with Crippen molar-refractivity contribution in [3.8, 4) is 0 Å². The monoisotopic (exact) mass is 1060 g/mol. The van der Waals surface area contributed by atoms with Crippen LogP contribution in [0, 0.1) is 23.2 Å². The Bertz CT molecular complexity index is 1560. The number of hydrogen-bond donors (Lipinski definition) is 0. The van der Waals surface area contributed by atoms with Crippen LogP contribution in [0.1, 0.15) is 137 Å². The summed E-state index contributed by atoms with van der Waals surface area (Å²) in [6.45, 7) is 32.6. The zero-order chi connectivity index (χ0) is 49.1. The van der Waals surface area contributed by atoms with Gasteiger partial charge in [0, 0.05) is 48.4 Å². The van der Waals surface area contributed by atoms with Crippen LogP contribution in [0.2, 0.25) is 48.4 Å². The van der Waals surface area contributed by atoms with E-state index >= 15 is 0 Å². The second kappa shape index (κ2) is 21.4. The standard InChI is InChI=1S/C23H52O14Si8.C9H18O2.C6H8O3/c1-11-23(9,10)22(24)25-20-19-21-45-35-42(16-6)29-39(13-3)26-38(12-2)27-40(14-4,31-42)33-44(18-8,37-45)34-41(15-5,28-38)32-43(17-7,30-39)36-45;1-6-7(2)8(10)11-9(3,4)5;1-3-4(2)6(8)9-5(3)7/h11-21H2,1-10H3;7H,6H2,1-5H3;3-4H,1-2H3. The molecule has 8 bridgehead atoms. The van der Waals surface area contributed by atoms with E-state index in [0.717, 1.165) is 6.42 Å². The average molecular weight is 1060 g/mol. The summed E-state index contributed by atoms with van der Waals surface area (Å²) in [7, 11) is -29.7. The molecule has 7 fully saturated rings. The summed E-state index contributed by atoms with van der Waals surface area (Å²) >= 11 is 0. The Morgan fingerprint density at radius 1 is 0.538 bits per heavy atom. The van der Waals surface area contributed by atoms with Crippen molar-refractivity contribution in [2.45, 2.75) is 191 Å². The zero-order valence-electron chi connectivity index (χ0n) is 42.0. The van der Waals surface area contributed by atoms with Crippen LogP contribution in [0.3, 0.4) is 0 Å². The van der Waals surface area contributed by atoms with Crippen LogP contribution in [0.25, 0.3) is 0 Å². The Hall–Kier alpha value is -0.665. The lowest BCUT2D eigenvalue weighted by molar-refractivity contribution is -0.159. The number of hydrogen-bond acceptors (Lipinski definition) is 19. The molecule has 0 aromatic carbocycles. The van der Waals surface area contributed by atoms with Crippen molar-refractivity contribution in [1.29, 1.82) is 0 Å². The number of cyclic esters (lactones) is 2.